The molecule has 2 aromatic carbocycles. The van der Waals surface area contributed by atoms with Crippen LogP contribution in [-0.2, 0) is 10.2 Å². The summed E-state index contributed by atoms with van der Waals surface area (Å²) in [7, 11) is 2.27. The fourth-order valence-electron chi connectivity index (χ4n) is 3.83. The zero-order valence-electron chi connectivity index (χ0n) is 17.6. The maximum Gasteiger partial charge on any atom is 0.232 e. The number of halogens is 1. The predicted octanol–water partition coefficient (Wildman–Crippen LogP) is 4.55. The lowest BCUT2D eigenvalue weighted by molar-refractivity contribution is -0.949. The third-order valence-electron chi connectivity index (χ3n) is 6.28. The second-order valence-corrected chi connectivity index (χ2v) is 8.01. The van der Waals surface area contributed by atoms with Crippen LogP contribution in [0.5, 0.6) is 0 Å². The van der Waals surface area contributed by atoms with Crippen molar-refractivity contribution < 1.29 is 14.8 Å². The summed E-state index contributed by atoms with van der Waals surface area (Å²) in [6.45, 7) is 9.87. The first-order valence-electron chi connectivity index (χ1n) is 9.51. The highest BCUT2D eigenvalue weighted by Gasteiger charge is 2.43. The summed E-state index contributed by atoms with van der Waals surface area (Å²) in [4.78, 5) is 12.9. The Hall–Kier alpha value is -1.44. The number of carbonyl (C=O) groups is 1. The van der Waals surface area contributed by atoms with Crippen LogP contribution < -0.4 is 5.73 Å². The van der Waals surface area contributed by atoms with E-state index < -0.39 is 5.41 Å². The average Bonchev–Trinajstić information content (AvgIpc) is 2.63. The largest absolute Gasteiger partial charge is 0.870 e. The maximum atomic E-state index is 12.9. The second kappa shape index (κ2) is 10.9. The number of carbonyl (C=O) groups excluding carboxylic acids is 1. The predicted molar refractivity (Wildman–Crippen MR) is 126 cm³/mol. The van der Waals surface area contributed by atoms with Gasteiger partial charge in [0.25, 0.3) is 0 Å². The molecule has 0 aromatic heterocycles. The van der Waals surface area contributed by atoms with Crippen molar-refractivity contribution in [2.45, 2.75) is 51.6 Å². The van der Waals surface area contributed by atoms with Gasteiger partial charge < -0.3 is 15.7 Å². The molecule has 0 bridgehead atoms. The van der Waals surface area contributed by atoms with Gasteiger partial charge in [0.05, 0.1) is 25.7 Å². The molecule has 0 aliphatic rings. The van der Waals surface area contributed by atoms with Gasteiger partial charge in [-0.3, -0.25) is 4.79 Å². The van der Waals surface area contributed by atoms with Crippen molar-refractivity contribution >= 4 is 29.9 Å². The van der Waals surface area contributed by atoms with Crippen LogP contribution in [-0.4, -0.2) is 41.5 Å². The van der Waals surface area contributed by atoms with E-state index in [0.717, 1.165) is 22.2 Å². The normalized spacial score (nSPS) is 11.7. The van der Waals surface area contributed by atoms with Crippen molar-refractivity contribution in [2.24, 2.45) is 5.73 Å². The van der Waals surface area contributed by atoms with Gasteiger partial charge in [-0.05, 0) is 38.8 Å². The van der Waals surface area contributed by atoms with Crippen LogP contribution in [0.15, 0.2) is 60.7 Å². The number of nitrogens with zero attached hydrogens (tertiary/aromatic N) is 1. The molecule has 2 aromatic rings. The molecule has 0 heterocycles. The number of primary amides is 1. The minimum absolute atomic E-state index is 0. The minimum atomic E-state index is -0.814. The molecular formula is C23H35IN2O2. The quantitative estimate of drug-likeness (QED) is 0.429. The first-order chi connectivity index (χ1) is 12.2. The second-order valence-electron chi connectivity index (χ2n) is 8.01. The molecule has 2 rings (SSSR count). The van der Waals surface area contributed by atoms with E-state index in [1.807, 2.05) is 60.7 Å². The SMILES string of the molecule is CC(C)[N+](C)(CCC(C(N)=O)(c1ccccc1)c1ccccc1)C(C)C.I.[OH-]. The molecule has 0 saturated heterocycles. The molecule has 156 valence electrons. The van der Waals surface area contributed by atoms with Crippen LogP contribution in [0.3, 0.4) is 0 Å². The Bertz CT molecular complexity index is 670. The Balaban J connectivity index is 0.00000364. The number of benzene rings is 2. The first-order valence-corrected chi connectivity index (χ1v) is 9.51. The molecule has 5 heteroatoms. The lowest BCUT2D eigenvalue weighted by atomic mass is 9.71. The van der Waals surface area contributed by atoms with Crippen LogP contribution in [0, 0.1) is 0 Å². The van der Waals surface area contributed by atoms with Crippen molar-refractivity contribution in [3.63, 3.8) is 0 Å². The fraction of sp³-hybridized carbons (Fsp3) is 0.435. The monoisotopic (exact) mass is 498 g/mol. The summed E-state index contributed by atoms with van der Waals surface area (Å²) >= 11 is 0. The molecule has 1 amide bonds. The van der Waals surface area contributed by atoms with Gasteiger partial charge in [0.1, 0.15) is 5.41 Å². The van der Waals surface area contributed by atoms with E-state index >= 15 is 0 Å². The first kappa shape index (κ1) is 26.6. The van der Waals surface area contributed by atoms with Crippen LogP contribution in [0.2, 0.25) is 0 Å². The van der Waals surface area contributed by atoms with Gasteiger partial charge in [0, 0.05) is 6.42 Å². The van der Waals surface area contributed by atoms with Crippen molar-refractivity contribution in [2.75, 3.05) is 13.6 Å². The van der Waals surface area contributed by atoms with Gasteiger partial charge in [-0.25, -0.2) is 0 Å². The lowest BCUT2D eigenvalue weighted by Gasteiger charge is -2.45. The van der Waals surface area contributed by atoms with Gasteiger partial charge in [0.2, 0.25) is 5.91 Å². The molecule has 0 atom stereocenters. The topological polar surface area (TPSA) is 73.1 Å². The third-order valence-corrected chi connectivity index (χ3v) is 6.28. The molecule has 0 radical (unpaired) electrons. The summed E-state index contributed by atoms with van der Waals surface area (Å²) in [5.74, 6) is -0.283. The minimum Gasteiger partial charge on any atom is -0.870 e. The third kappa shape index (κ3) is 5.13. The van der Waals surface area contributed by atoms with E-state index in [1.54, 1.807) is 0 Å². The van der Waals surface area contributed by atoms with Gasteiger partial charge >= 0.3 is 0 Å². The highest BCUT2D eigenvalue weighted by atomic mass is 127. The van der Waals surface area contributed by atoms with E-state index in [1.165, 1.54) is 0 Å². The Morgan fingerprint density at radius 3 is 1.54 bits per heavy atom. The summed E-state index contributed by atoms with van der Waals surface area (Å²) in [6.07, 6.45) is 0.684. The van der Waals surface area contributed by atoms with Crippen LogP contribution in [0.25, 0.3) is 0 Å². The molecule has 0 aliphatic heterocycles. The Labute approximate surface area is 187 Å². The smallest absolute Gasteiger partial charge is 0.232 e. The summed E-state index contributed by atoms with van der Waals surface area (Å²) in [5, 5.41) is 0. The highest BCUT2D eigenvalue weighted by Crippen LogP contribution is 2.37. The summed E-state index contributed by atoms with van der Waals surface area (Å²) in [6, 6.07) is 20.9. The zero-order valence-corrected chi connectivity index (χ0v) is 20.0. The van der Waals surface area contributed by atoms with Gasteiger partial charge in [-0.15, -0.1) is 24.0 Å². The summed E-state index contributed by atoms with van der Waals surface area (Å²) in [5.41, 5.74) is 7.20. The molecule has 0 saturated carbocycles. The van der Waals surface area contributed by atoms with Crippen LogP contribution in [0.1, 0.15) is 45.2 Å². The molecule has 0 spiro atoms. The number of hydrogen-bond acceptors (Lipinski definition) is 2. The average molecular weight is 498 g/mol. The van der Waals surface area contributed by atoms with Crippen LogP contribution >= 0.6 is 24.0 Å². The Morgan fingerprint density at radius 1 is 0.893 bits per heavy atom. The van der Waals surface area contributed by atoms with E-state index in [2.05, 4.69) is 34.7 Å². The maximum absolute atomic E-state index is 12.9. The number of amides is 1. The van der Waals surface area contributed by atoms with E-state index in [-0.39, 0.29) is 35.4 Å². The molecule has 3 N–H and O–H groups in total. The Morgan fingerprint density at radius 2 is 1.25 bits per heavy atom. The van der Waals surface area contributed by atoms with Crippen molar-refractivity contribution in [1.82, 2.24) is 0 Å². The van der Waals surface area contributed by atoms with Gasteiger partial charge in [-0.2, -0.15) is 0 Å². The molecule has 0 fully saturated rings. The molecule has 0 aliphatic carbocycles. The lowest BCUT2D eigenvalue weighted by Crippen LogP contribution is -2.57. The van der Waals surface area contributed by atoms with Gasteiger partial charge in [0.15, 0.2) is 0 Å². The van der Waals surface area contributed by atoms with Gasteiger partial charge in [-0.1, -0.05) is 60.7 Å². The number of quaternary nitrogens is 1. The van der Waals surface area contributed by atoms with Crippen LogP contribution in [0.4, 0.5) is 0 Å². The highest BCUT2D eigenvalue weighted by molar-refractivity contribution is 14.0. The van der Waals surface area contributed by atoms with E-state index in [0.29, 0.717) is 18.5 Å². The van der Waals surface area contributed by atoms with Crippen molar-refractivity contribution in [1.29, 1.82) is 0 Å². The van der Waals surface area contributed by atoms with E-state index in [9.17, 15) is 4.79 Å². The number of nitrogens with two attached hydrogens (primary N) is 1. The van der Waals surface area contributed by atoms with E-state index in [4.69, 9.17) is 5.73 Å². The molecular weight excluding hydrogens is 463 g/mol. The standard InChI is InChI=1S/C23H32N2O.HI.H2O/c1-18(2)25(5,19(3)4)17-16-23(22(24)26,20-12-8-6-9-13-20)21-14-10-7-11-15-21;;/h6-15,18-19H,16-17H2,1-5H3,(H-,24,26);1H;1H2. The number of hydrogen-bond donors (Lipinski definition) is 1. The molecule has 0 unspecified atom stereocenters. The number of rotatable bonds is 8. The zero-order chi connectivity index (χ0) is 19.4. The Kier molecular flexibility index (Phi) is 10.4. The fourth-order valence-corrected chi connectivity index (χ4v) is 3.83. The molecule has 4 nitrogen and oxygen atoms in total. The van der Waals surface area contributed by atoms with Crippen molar-refractivity contribution in [3.8, 4) is 0 Å². The molecule has 28 heavy (non-hydrogen) atoms. The van der Waals surface area contributed by atoms with Crippen molar-refractivity contribution in [3.05, 3.63) is 71.8 Å². The summed E-state index contributed by atoms with van der Waals surface area (Å²) < 4.78 is 0.898.